The highest BCUT2D eigenvalue weighted by Crippen LogP contribution is 2.29. The first-order chi connectivity index (χ1) is 8.24. The van der Waals surface area contributed by atoms with E-state index in [2.05, 4.69) is 30.8 Å². The van der Waals surface area contributed by atoms with Gasteiger partial charge in [-0.15, -0.1) is 6.58 Å². The van der Waals surface area contributed by atoms with Gasteiger partial charge in [0.1, 0.15) is 0 Å². The van der Waals surface area contributed by atoms with Crippen LogP contribution in [0.2, 0.25) is 0 Å². The fourth-order valence-electron chi connectivity index (χ4n) is 2.51. The number of nitrogens with zero attached hydrogens (tertiary/aromatic N) is 1. The lowest BCUT2D eigenvalue weighted by molar-refractivity contribution is -0.154. The molecule has 1 aromatic carbocycles. The molecule has 1 aliphatic heterocycles. The van der Waals surface area contributed by atoms with Crippen molar-refractivity contribution in [1.82, 2.24) is 4.90 Å². The molecule has 1 heterocycles. The summed E-state index contributed by atoms with van der Waals surface area (Å²) in [6.45, 7) is 6.41. The highest BCUT2D eigenvalue weighted by molar-refractivity contribution is 5.85. The van der Waals surface area contributed by atoms with E-state index in [4.69, 9.17) is 0 Å². The standard InChI is InChI=1S/C15H19NO/c1-3-11-16-14(12(2)15(16)17)10-9-13-7-5-4-6-8-13/h3-8,12,14H,1,9-11H2,2H3/t12-,14-/m1/s1. The quantitative estimate of drug-likeness (QED) is 0.561. The van der Waals surface area contributed by atoms with Gasteiger partial charge in [0.25, 0.3) is 0 Å². The van der Waals surface area contributed by atoms with Gasteiger partial charge < -0.3 is 4.90 Å². The van der Waals surface area contributed by atoms with Crippen LogP contribution in [0.5, 0.6) is 0 Å². The largest absolute Gasteiger partial charge is 0.335 e. The molecule has 2 atom stereocenters. The van der Waals surface area contributed by atoms with Gasteiger partial charge in [0.2, 0.25) is 5.91 Å². The molecule has 1 aromatic rings. The second kappa shape index (κ2) is 5.17. The fraction of sp³-hybridized carbons (Fsp3) is 0.400. The number of hydrogen-bond donors (Lipinski definition) is 0. The maximum Gasteiger partial charge on any atom is 0.228 e. The average molecular weight is 229 g/mol. The zero-order valence-corrected chi connectivity index (χ0v) is 10.3. The number of rotatable bonds is 5. The Morgan fingerprint density at radius 2 is 2.06 bits per heavy atom. The second-order valence-electron chi connectivity index (χ2n) is 4.66. The molecule has 2 nitrogen and oxygen atoms in total. The molecule has 0 N–H and O–H groups in total. The lowest BCUT2D eigenvalue weighted by Gasteiger charge is -2.45. The van der Waals surface area contributed by atoms with E-state index in [1.54, 1.807) is 6.08 Å². The Balaban J connectivity index is 1.90. The molecule has 0 bridgehead atoms. The fourth-order valence-corrected chi connectivity index (χ4v) is 2.51. The van der Waals surface area contributed by atoms with Crippen molar-refractivity contribution in [1.29, 1.82) is 0 Å². The zero-order chi connectivity index (χ0) is 12.3. The number of benzene rings is 1. The van der Waals surface area contributed by atoms with E-state index in [0.717, 1.165) is 12.8 Å². The molecule has 17 heavy (non-hydrogen) atoms. The minimum absolute atomic E-state index is 0.179. The molecular weight excluding hydrogens is 210 g/mol. The van der Waals surface area contributed by atoms with Crippen molar-refractivity contribution < 1.29 is 4.79 Å². The lowest BCUT2D eigenvalue weighted by Crippen LogP contribution is -2.59. The topological polar surface area (TPSA) is 20.3 Å². The van der Waals surface area contributed by atoms with Gasteiger partial charge in [-0.1, -0.05) is 43.3 Å². The van der Waals surface area contributed by atoms with Gasteiger partial charge in [0, 0.05) is 12.6 Å². The third-order valence-corrected chi connectivity index (χ3v) is 3.55. The first kappa shape index (κ1) is 11.9. The molecule has 2 heteroatoms. The van der Waals surface area contributed by atoms with Crippen molar-refractivity contribution in [2.24, 2.45) is 5.92 Å². The van der Waals surface area contributed by atoms with Crippen LogP contribution in [0.15, 0.2) is 43.0 Å². The summed E-state index contributed by atoms with van der Waals surface area (Å²) in [4.78, 5) is 13.6. The molecule has 1 aliphatic rings. The number of amides is 1. The maximum atomic E-state index is 11.7. The van der Waals surface area contributed by atoms with E-state index in [9.17, 15) is 4.79 Å². The summed E-state index contributed by atoms with van der Waals surface area (Å²) in [5, 5.41) is 0. The Labute approximate surface area is 103 Å². The van der Waals surface area contributed by atoms with Crippen molar-refractivity contribution in [2.75, 3.05) is 6.54 Å². The van der Waals surface area contributed by atoms with Crippen LogP contribution < -0.4 is 0 Å². The molecule has 1 saturated heterocycles. The van der Waals surface area contributed by atoms with Crippen LogP contribution >= 0.6 is 0 Å². The van der Waals surface area contributed by atoms with Gasteiger partial charge in [0.05, 0.1) is 5.92 Å². The summed E-state index contributed by atoms with van der Waals surface area (Å²) in [5.41, 5.74) is 1.35. The zero-order valence-electron chi connectivity index (χ0n) is 10.3. The van der Waals surface area contributed by atoms with Crippen LogP contribution in [0.3, 0.4) is 0 Å². The molecule has 90 valence electrons. The summed E-state index contributed by atoms with van der Waals surface area (Å²) in [6, 6.07) is 10.8. The summed E-state index contributed by atoms with van der Waals surface area (Å²) >= 11 is 0. The predicted octanol–water partition coefficient (Wildman–Crippen LogP) is 2.65. The normalized spacial score (nSPS) is 23.4. The van der Waals surface area contributed by atoms with Gasteiger partial charge in [0.15, 0.2) is 0 Å². The molecule has 0 unspecified atom stereocenters. The Kier molecular flexibility index (Phi) is 3.62. The van der Waals surface area contributed by atoms with E-state index >= 15 is 0 Å². The number of aryl methyl sites for hydroxylation is 1. The number of carbonyl (C=O) groups is 1. The Hall–Kier alpha value is -1.57. The van der Waals surface area contributed by atoms with Crippen LogP contribution in [0.25, 0.3) is 0 Å². The number of hydrogen-bond acceptors (Lipinski definition) is 1. The van der Waals surface area contributed by atoms with Crippen LogP contribution in [0.1, 0.15) is 18.9 Å². The SMILES string of the molecule is C=CCN1C(=O)[C@H](C)[C@H]1CCc1ccccc1. The van der Waals surface area contributed by atoms with Gasteiger partial charge in [-0.2, -0.15) is 0 Å². The molecular formula is C15H19NO. The van der Waals surface area contributed by atoms with Gasteiger partial charge >= 0.3 is 0 Å². The van der Waals surface area contributed by atoms with Crippen molar-refractivity contribution in [3.05, 3.63) is 48.6 Å². The summed E-state index contributed by atoms with van der Waals surface area (Å²) in [5.74, 6) is 0.446. The maximum absolute atomic E-state index is 11.7. The molecule has 0 aliphatic carbocycles. The van der Waals surface area contributed by atoms with Crippen molar-refractivity contribution >= 4 is 5.91 Å². The Morgan fingerprint density at radius 1 is 1.35 bits per heavy atom. The average Bonchev–Trinajstić information content (AvgIpc) is 2.38. The highest BCUT2D eigenvalue weighted by Gasteiger charge is 2.42. The van der Waals surface area contributed by atoms with Gasteiger partial charge in [-0.3, -0.25) is 4.79 Å². The molecule has 0 spiro atoms. The lowest BCUT2D eigenvalue weighted by atomic mass is 9.85. The number of β-lactam (4-membered cyclic amide) rings is 1. The minimum atomic E-state index is 0.179. The predicted molar refractivity (Wildman–Crippen MR) is 69.6 cm³/mol. The van der Waals surface area contributed by atoms with Crippen molar-refractivity contribution in [2.45, 2.75) is 25.8 Å². The third-order valence-electron chi connectivity index (χ3n) is 3.55. The minimum Gasteiger partial charge on any atom is -0.335 e. The van der Waals surface area contributed by atoms with Gasteiger partial charge in [-0.25, -0.2) is 0 Å². The first-order valence-electron chi connectivity index (χ1n) is 6.19. The van der Waals surface area contributed by atoms with E-state index in [1.165, 1.54) is 5.56 Å². The van der Waals surface area contributed by atoms with E-state index in [-0.39, 0.29) is 11.8 Å². The van der Waals surface area contributed by atoms with Crippen LogP contribution in [-0.2, 0) is 11.2 Å². The van der Waals surface area contributed by atoms with Crippen molar-refractivity contribution in [3.63, 3.8) is 0 Å². The van der Waals surface area contributed by atoms with Gasteiger partial charge in [-0.05, 0) is 18.4 Å². The third kappa shape index (κ3) is 2.41. The van der Waals surface area contributed by atoms with E-state index < -0.39 is 0 Å². The molecule has 2 rings (SSSR count). The number of carbonyl (C=O) groups excluding carboxylic acids is 1. The van der Waals surface area contributed by atoms with Crippen LogP contribution in [0, 0.1) is 5.92 Å². The molecule has 0 radical (unpaired) electrons. The smallest absolute Gasteiger partial charge is 0.228 e. The van der Waals surface area contributed by atoms with Crippen LogP contribution in [-0.4, -0.2) is 23.4 Å². The summed E-state index contributed by atoms with van der Waals surface area (Å²) in [6.07, 6.45) is 3.89. The molecule has 1 fully saturated rings. The van der Waals surface area contributed by atoms with Crippen LogP contribution in [0.4, 0.5) is 0 Å². The monoisotopic (exact) mass is 229 g/mol. The summed E-state index contributed by atoms with van der Waals surface area (Å²) in [7, 11) is 0. The molecule has 1 amide bonds. The van der Waals surface area contributed by atoms with E-state index in [0.29, 0.717) is 12.6 Å². The van der Waals surface area contributed by atoms with Crippen molar-refractivity contribution in [3.8, 4) is 0 Å². The Morgan fingerprint density at radius 3 is 2.71 bits per heavy atom. The first-order valence-corrected chi connectivity index (χ1v) is 6.19. The summed E-state index contributed by atoms with van der Waals surface area (Å²) < 4.78 is 0. The molecule has 0 saturated carbocycles. The number of likely N-dealkylation sites (tertiary alicyclic amines) is 1. The second-order valence-corrected chi connectivity index (χ2v) is 4.66. The van der Waals surface area contributed by atoms with E-state index in [1.807, 2.05) is 17.9 Å². The Bertz CT molecular complexity index is 399. The molecule has 0 aromatic heterocycles. The highest BCUT2D eigenvalue weighted by atomic mass is 16.2.